The smallest absolute Gasteiger partial charge is 0.303 e. The van der Waals surface area contributed by atoms with E-state index in [9.17, 15) is 19.8 Å². The van der Waals surface area contributed by atoms with E-state index in [1.807, 2.05) is 0 Å². The summed E-state index contributed by atoms with van der Waals surface area (Å²) in [5.41, 5.74) is 0.854. The zero-order valence-electron chi connectivity index (χ0n) is 14.0. The highest BCUT2D eigenvalue weighted by molar-refractivity contribution is 5.75. The summed E-state index contributed by atoms with van der Waals surface area (Å²) in [7, 11) is 0. The van der Waals surface area contributed by atoms with Gasteiger partial charge in [-0.1, -0.05) is 31.7 Å². The van der Waals surface area contributed by atoms with E-state index in [0.29, 0.717) is 19.4 Å². The van der Waals surface area contributed by atoms with Gasteiger partial charge in [-0.2, -0.15) is 0 Å². The molecule has 0 aliphatic carbocycles. The molecule has 24 heavy (non-hydrogen) atoms. The Bertz CT molecular complexity index is 530. The van der Waals surface area contributed by atoms with Crippen LogP contribution in [0.15, 0.2) is 18.2 Å². The number of aliphatic carboxylic acids is 1. The van der Waals surface area contributed by atoms with Crippen molar-refractivity contribution in [1.29, 1.82) is 0 Å². The molecule has 6 nitrogen and oxygen atoms in total. The zero-order valence-corrected chi connectivity index (χ0v) is 14.0. The number of carbonyl (C=O) groups is 2. The Labute approximate surface area is 142 Å². The Balaban J connectivity index is 2.00. The molecule has 1 rings (SSSR count). The lowest BCUT2D eigenvalue weighted by molar-refractivity contribution is -0.137. The molecule has 0 heterocycles. The lowest BCUT2D eigenvalue weighted by atomic mass is 10.1. The van der Waals surface area contributed by atoms with Crippen LogP contribution >= 0.6 is 0 Å². The molecule has 0 aliphatic heterocycles. The van der Waals surface area contributed by atoms with E-state index in [1.165, 1.54) is 12.1 Å². The van der Waals surface area contributed by atoms with Gasteiger partial charge in [-0.25, -0.2) is 0 Å². The zero-order chi connectivity index (χ0) is 17.8. The van der Waals surface area contributed by atoms with Crippen LogP contribution < -0.4 is 5.32 Å². The summed E-state index contributed by atoms with van der Waals surface area (Å²) in [6, 6.07) is 4.64. The summed E-state index contributed by atoms with van der Waals surface area (Å²) >= 11 is 0. The van der Waals surface area contributed by atoms with Gasteiger partial charge in [-0.3, -0.25) is 9.59 Å². The number of carboxylic acids is 1. The van der Waals surface area contributed by atoms with Crippen LogP contribution in [-0.4, -0.2) is 33.7 Å². The maximum absolute atomic E-state index is 11.7. The van der Waals surface area contributed by atoms with Crippen LogP contribution in [0.2, 0.25) is 0 Å². The number of unbranched alkanes of at least 4 members (excludes halogenated alkanes) is 5. The highest BCUT2D eigenvalue weighted by atomic mass is 16.4. The molecule has 0 unspecified atom stereocenters. The fraction of sp³-hybridized carbons (Fsp3) is 0.556. The number of hydrogen-bond acceptors (Lipinski definition) is 4. The van der Waals surface area contributed by atoms with Crippen LogP contribution in [0.3, 0.4) is 0 Å². The van der Waals surface area contributed by atoms with Gasteiger partial charge < -0.3 is 20.6 Å². The van der Waals surface area contributed by atoms with Gasteiger partial charge >= 0.3 is 5.97 Å². The predicted octanol–water partition coefficient (Wildman–Crippen LogP) is 2.96. The standard InChI is InChI=1S/C18H27NO5/c20-15-10-9-14(13-16(15)21)11-12-19-17(22)7-5-3-1-2-4-6-8-18(23)24/h9-10,13,20-21H,1-8,11-12H2,(H,19,22)(H,23,24). The predicted molar refractivity (Wildman–Crippen MR) is 91.1 cm³/mol. The topological polar surface area (TPSA) is 107 Å². The number of nitrogens with one attached hydrogen (secondary N) is 1. The normalized spacial score (nSPS) is 10.5. The first kappa shape index (κ1) is 19.8. The van der Waals surface area contributed by atoms with Crippen molar-refractivity contribution in [3.8, 4) is 11.5 Å². The minimum absolute atomic E-state index is 0.0175. The molecule has 1 aromatic carbocycles. The van der Waals surface area contributed by atoms with Crippen molar-refractivity contribution in [1.82, 2.24) is 5.32 Å². The first-order valence-corrected chi connectivity index (χ1v) is 8.48. The van der Waals surface area contributed by atoms with Crippen molar-refractivity contribution < 1.29 is 24.9 Å². The minimum atomic E-state index is -0.741. The van der Waals surface area contributed by atoms with Crippen molar-refractivity contribution in [2.24, 2.45) is 0 Å². The maximum Gasteiger partial charge on any atom is 0.303 e. The van der Waals surface area contributed by atoms with E-state index in [1.54, 1.807) is 6.07 Å². The number of phenols is 2. The van der Waals surface area contributed by atoms with Gasteiger partial charge in [0.25, 0.3) is 0 Å². The Morgan fingerprint density at radius 3 is 2.12 bits per heavy atom. The van der Waals surface area contributed by atoms with E-state index < -0.39 is 5.97 Å². The second-order valence-corrected chi connectivity index (χ2v) is 5.94. The third-order valence-corrected chi connectivity index (χ3v) is 3.82. The number of carboxylic acid groups (broad SMARTS) is 1. The van der Waals surface area contributed by atoms with Crippen LogP contribution in [0.4, 0.5) is 0 Å². The van der Waals surface area contributed by atoms with Crippen LogP contribution in [0.25, 0.3) is 0 Å². The number of benzene rings is 1. The van der Waals surface area contributed by atoms with Crippen molar-refractivity contribution in [3.05, 3.63) is 23.8 Å². The van der Waals surface area contributed by atoms with E-state index in [4.69, 9.17) is 5.11 Å². The highest BCUT2D eigenvalue weighted by Crippen LogP contribution is 2.24. The lowest BCUT2D eigenvalue weighted by Gasteiger charge is -2.06. The lowest BCUT2D eigenvalue weighted by Crippen LogP contribution is -2.25. The molecule has 0 atom stereocenters. The fourth-order valence-corrected chi connectivity index (χ4v) is 2.43. The van der Waals surface area contributed by atoms with E-state index >= 15 is 0 Å². The maximum atomic E-state index is 11.7. The summed E-state index contributed by atoms with van der Waals surface area (Å²) < 4.78 is 0. The Morgan fingerprint density at radius 2 is 1.50 bits per heavy atom. The number of phenolic OH excluding ortho intramolecular Hbond substituents is 2. The van der Waals surface area contributed by atoms with Gasteiger partial charge in [0.2, 0.25) is 5.91 Å². The van der Waals surface area contributed by atoms with Gasteiger partial charge in [0, 0.05) is 19.4 Å². The molecule has 0 spiro atoms. The molecular formula is C18H27NO5. The summed E-state index contributed by atoms with van der Waals surface area (Å²) in [4.78, 5) is 22.0. The van der Waals surface area contributed by atoms with E-state index in [-0.39, 0.29) is 23.8 Å². The van der Waals surface area contributed by atoms with Crippen molar-refractivity contribution in [2.75, 3.05) is 6.54 Å². The van der Waals surface area contributed by atoms with Crippen LogP contribution in [-0.2, 0) is 16.0 Å². The molecule has 0 radical (unpaired) electrons. The third-order valence-electron chi connectivity index (χ3n) is 3.82. The number of rotatable bonds is 12. The molecule has 1 amide bonds. The van der Waals surface area contributed by atoms with Crippen molar-refractivity contribution in [2.45, 2.75) is 57.8 Å². The molecule has 1 aromatic rings. The first-order chi connectivity index (χ1) is 11.5. The Kier molecular flexibility index (Phi) is 9.34. The first-order valence-electron chi connectivity index (χ1n) is 8.48. The molecule has 4 N–H and O–H groups in total. The molecule has 0 bridgehead atoms. The molecule has 0 aliphatic rings. The Hall–Kier alpha value is -2.24. The summed E-state index contributed by atoms with van der Waals surface area (Å²) in [6.07, 6.45) is 6.84. The monoisotopic (exact) mass is 337 g/mol. The third kappa shape index (κ3) is 9.02. The van der Waals surface area contributed by atoms with Gasteiger partial charge in [0.05, 0.1) is 0 Å². The molecular weight excluding hydrogens is 310 g/mol. The molecule has 0 saturated heterocycles. The highest BCUT2D eigenvalue weighted by Gasteiger charge is 2.03. The van der Waals surface area contributed by atoms with Crippen molar-refractivity contribution >= 4 is 11.9 Å². The minimum Gasteiger partial charge on any atom is -0.504 e. The molecule has 0 saturated carbocycles. The molecule has 6 heteroatoms. The Morgan fingerprint density at radius 1 is 0.875 bits per heavy atom. The second-order valence-electron chi connectivity index (χ2n) is 5.94. The van der Waals surface area contributed by atoms with Crippen LogP contribution in [0.5, 0.6) is 11.5 Å². The van der Waals surface area contributed by atoms with Gasteiger partial charge in [0.1, 0.15) is 0 Å². The van der Waals surface area contributed by atoms with Gasteiger partial charge in [-0.15, -0.1) is 0 Å². The molecule has 134 valence electrons. The van der Waals surface area contributed by atoms with Gasteiger partial charge in [0.15, 0.2) is 11.5 Å². The average molecular weight is 337 g/mol. The number of aromatic hydroxyl groups is 2. The summed E-state index contributed by atoms with van der Waals surface area (Å²) in [5, 5.41) is 30.0. The number of carbonyl (C=O) groups excluding carboxylic acids is 1. The van der Waals surface area contributed by atoms with E-state index in [0.717, 1.165) is 44.1 Å². The van der Waals surface area contributed by atoms with Gasteiger partial charge in [-0.05, 0) is 37.0 Å². The fourth-order valence-electron chi connectivity index (χ4n) is 2.43. The summed E-state index contributed by atoms with van der Waals surface area (Å²) in [6.45, 7) is 0.498. The summed E-state index contributed by atoms with van der Waals surface area (Å²) in [5.74, 6) is -1.02. The number of amides is 1. The quantitative estimate of drug-likeness (QED) is 0.346. The second kappa shape index (κ2) is 11.3. The molecule has 0 fully saturated rings. The average Bonchev–Trinajstić information content (AvgIpc) is 2.53. The SMILES string of the molecule is O=C(O)CCCCCCCCC(=O)NCCc1ccc(O)c(O)c1. The van der Waals surface area contributed by atoms with E-state index in [2.05, 4.69) is 5.32 Å². The van der Waals surface area contributed by atoms with Crippen molar-refractivity contribution in [3.63, 3.8) is 0 Å². The molecule has 0 aromatic heterocycles. The number of hydrogen-bond donors (Lipinski definition) is 4. The van der Waals surface area contributed by atoms with Crippen LogP contribution in [0.1, 0.15) is 56.9 Å². The van der Waals surface area contributed by atoms with Crippen LogP contribution in [0, 0.1) is 0 Å². The largest absolute Gasteiger partial charge is 0.504 e.